The average molecular weight is 247 g/mol. The van der Waals surface area contributed by atoms with Gasteiger partial charge >= 0.3 is 0 Å². The van der Waals surface area contributed by atoms with Crippen molar-refractivity contribution in [2.75, 3.05) is 18.0 Å². The van der Waals surface area contributed by atoms with Crippen LogP contribution in [0.15, 0.2) is 24.3 Å². The number of ether oxygens (including phenoxy) is 1. The molecule has 1 aromatic rings. The zero-order chi connectivity index (χ0) is 13.0. The Balaban J connectivity index is 2.11. The van der Waals surface area contributed by atoms with Gasteiger partial charge < -0.3 is 9.64 Å². The third-order valence-electron chi connectivity index (χ3n) is 3.20. The third-order valence-corrected chi connectivity index (χ3v) is 3.20. The van der Waals surface area contributed by atoms with Crippen LogP contribution in [0.4, 0.5) is 5.69 Å². The van der Waals surface area contributed by atoms with E-state index >= 15 is 0 Å². The standard InChI is InChI=1S/C15H21NO2/c1-15(2,12-17)18-14-8-6-7-13(11-14)16-9-4-3-5-10-16/h6-8,11-12H,3-5,9-10H2,1-2H3. The Labute approximate surface area is 109 Å². The molecule has 0 aromatic heterocycles. The van der Waals surface area contributed by atoms with E-state index in [2.05, 4.69) is 11.0 Å². The summed E-state index contributed by atoms with van der Waals surface area (Å²) in [6, 6.07) is 8.02. The summed E-state index contributed by atoms with van der Waals surface area (Å²) in [5, 5.41) is 0. The highest BCUT2D eigenvalue weighted by Gasteiger charge is 2.19. The molecule has 0 spiro atoms. The normalized spacial score (nSPS) is 16.4. The number of benzene rings is 1. The van der Waals surface area contributed by atoms with Gasteiger partial charge in [0, 0.05) is 24.8 Å². The molecular weight excluding hydrogens is 226 g/mol. The molecule has 0 N–H and O–H groups in total. The minimum atomic E-state index is -0.763. The third kappa shape index (κ3) is 3.25. The Hall–Kier alpha value is -1.51. The molecule has 2 rings (SSSR count). The van der Waals surface area contributed by atoms with Crippen molar-refractivity contribution >= 4 is 12.0 Å². The number of nitrogens with zero attached hydrogens (tertiary/aromatic N) is 1. The molecule has 0 amide bonds. The lowest BCUT2D eigenvalue weighted by molar-refractivity contribution is -0.118. The van der Waals surface area contributed by atoms with Crippen molar-refractivity contribution in [3.05, 3.63) is 24.3 Å². The summed E-state index contributed by atoms with van der Waals surface area (Å²) in [6.07, 6.45) is 4.67. The number of carbonyl (C=O) groups is 1. The molecule has 0 saturated carbocycles. The first-order chi connectivity index (χ1) is 8.61. The summed E-state index contributed by atoms with van der Waals surface area (Å²) in [4.78, 5) is 13.3. The van der Waals surface area contributed by atoms with Gasteiger partial charge in [-0.3, -0.25) is 4.79 Å². The number of hydrogen-bond acceptors (Lipinski definition) is 3. The van der Waals surface area contributed by atoms with Crippen LogP contribution >= 0.6 is 0 Å². The SMILES string of the molecule is CC(C)(C=O)Oc1cccc(N2CCCCC2)c1. The van der Waals surface area contributed by atoms with Crippen LogP contribution in [0.5, 0.6) is 5.75 Å². The maximum Gasteiger partial charge on any atom is 0.162 e. The lowest BCUT2D eigenvalue weighted by Gasteiger charge is -2.29. The summed E-state index contributed by atoms with van der Waals surface area (Å²) < 4.78 is 5.69. The Morgan fingerprint density at radius 3 is 2.61 bits per heavy atom. The zero-order valence-electron chi connectivity index (χ0n) is 11.2. The van der Waals surface area contributed by atoms with E-state index in [9.17, 15) is 4.79 Å². The molecule has 0 unspecified atom stereocenters. The topological polar surface area (TPSA) is 29.5 Å². The van der Waals surface area contributed by atoms with Crippen LogP contribution in [0, 0.1) is 0 Å². The van der Waals surface area contributed by atoms with Crippen LogP contribution < -0.4 is 9.64 Å². The molecule has 1 heterocycles. The highest BCUT2D eigenvalue weighted by Crippen LogP contribution is 2.26. The minimum absolute atomic E-state index is 0.759. The number of hydrogen-bond donors (Lipinski definition) is 0. The van der Waals surface area contributed by atoms with Gasteiger partial charge in [-0.15, -0.1) is 0 Å². The van der Waals surface area contributed by atoms with E-state index in [0.717, 1.165) is 25.1 Å². The molecule has 0 radical (unpaired) electrons. The molecular formula is C15H21NO2. The van der Waals surface area contributed by atoms with Gasteiger partial charge in [-0.25, -0.2) is 0 Å². The molecule has 3 nitrogen and oxygen atoms in total. The van der Waals surface area contributed by atoms with E-state index in [0.29, 0.717) is 0 Å². The van der Waals surface area contributed by atoms with Crippen LogP contribution in [-0.2, 0) is 4.79 Å². The molecule has 98 valence electrons. The first kappa shape index (κ1) is 12.9. The van der Waals surface area contributed by atoms with E-state index < -0.39 is 5.60 Å². The van der Waals surface area contributed by atoms with Crippen molar-refractivity contribution in [2.24, 2.45) is 0 Å². The molecule has 1 aliphatic rings. The van der Waals surface area contributed by atoms with Crippen LogP contribution in [-0.4, -0.2) is 25.0 Å². The fourth-order valence-corrected chi connectivity index (χ4v) is 2.22. The van der Waals surface area contributed by atoms with Crippen molar-refractivity contribution in [3.8, 4) is 5.75 Å². The summed E-state index contributed by atoms with van der Waals surface area (Å²) >= 11 is 0. The van der Waals surface area contributed by atoms with Gasteiger partial charge in [0.05, 0.1) is 0 Å². The van der Waals surface area contributed by atoms with E-state index in [-0.39, 0.29) is 0 Å². The monoisotopic (exact) mass is 247 g/mol. The fraction of sp³-hybridized carbons (Fsp3) is 0.533. The average Bonchev–Trinajstić information content (AvgIpc) is 2.40. The first-order valence-electron chi connectivity index (χ1n) is 6.61. The second kappa shape index (κ2) is 5.42. The Morgan fingerprint density at radius 2 is 1.94 bits per heavy atom. The van der Waals surface area contributed by atoms with Gasteiger partial charge in [-0.1, -0.05) is 6.07 Å². The maximum atomic E-state index is 10.9. The van der Waals surface area contributed by atoms with Crippen LogP contribution in [0.2, 0.25) is 0 Å². The Bertz CT molecular complexity index is 409. The van der Waals surface area contributed by atoms with Gasteiger partial charge in [0.2, 0.25) is 0 Å². The lowest BCUT2D eigenvalue weighted by Crippen LogP contribution is -2.31. The predicted octanol–water partition coefficient (Wildman–Crippen LogP) is 3.03. The molecule has 1 fully saturated rings. The molecule has 18 heavy (non-hydrogen) atoms. The molecule has 1 aromatic carbocycles. The summed E-state index contributed by atoms with van der Waals surface area (Å²) in [7, 11) is 0. The quantitative estimate of drug-likeness (QED) is 0.766. The van der Waals surface area contributed by atoms with E-state index in [1.54, 1.807) is 13.8 Å². The van der Waals surface area contributed by atoms with Gasteiger partial charge in [-0.05, 0) is 45.2 Å². The van der Waals surface area contributed by atoms with Crippen molar-refractivity contribution in [1.82, 2.24) is 0 Å². The highest BCUT2D eigenvalue weighted by atomic mass is 16.5. The predicted molar refractivity (Wildman–Crippen MR) is 73.3 cm³/mol. The molecule has 1 aliphatic heterocycles. The Morgan fingerprint density at radius 1 is 1.22 bits per heavy atom. The van der Waals surface area contributed by atoms with Crippen molar-refractivity contribution < 1.29 is 9.53 Å². The number of aldehydes is 1. The van der Waals surface area contributed by atoms with Crippen LogP contribution in [0.3, 0.4) is 0 Å². The highest BCUT2D eigenvalue weighted by molar-refractivity contribution is 5.62. The maximum absolute atomic E-state index is 10.9. The Kier molecular flexibility index (Phi) is 3.90. The number of piperidine rings is 1. The molecule has 0 atom stereocenters. The molecule has 0 bridgehead atoms. The van der Waals surface area contributed by atoms with Gasteiger partial charge in [0.1, 0.15) is 5.75 Å². The second-order valence-corrected chi connectivity index (χ2v) is 5.37. The summed E-state index contributed by atoms with van der Waals surface area (Å²) in [5.74, 6) is 0.759. The molecule has 0 aliphatic carbocycles. The van der Waals surface area contributed by atoms with Gasteiger partial charge in [0.25, 0.3) is 0 Å². The smallest absolute Gasteiger partial charge is 0.162 e. The van der Waals surface area contributed by atoms with Gasteiger partial charge in [0.15, 0.2) is 11.9 Å². The van der Waals surface area contributed by atoms with E-state index in [1.807, 2.05) is 18.2 Å². The first-order valence-corrected chi connectivity index (χ1v) is 6.61. The second-order valence-electron chi connectivity index (χ2n) is 5.37. The lowest BCUT2D eigenvalue weighted by atomic mass is 10.1. The van der Waals surface area contributed by atoms with Crippen molar-refractivity contribution in [1.29, 1.82) is 0 Å². The molecule has 3 heteroatoms. The van der Waals surface area contributed by atoms with Gasteiger partial charge in [-0.2, -0.15) is 0 Å². The number of anilines is 1. The van der Waals surface area contributed by atoms with Crippen LogP contribution in [0.1, 0.15) is 33.1 Å². The fourth-order valence-electron chi connectivity index (χ4n) is 2.22. The largest absolute Gasteiger partial charge is 0.480 e. The zero-order valence-corrected chi connectivity index (χ0v) is 11.2. The summed E-state index contributed by atoms with van der Waals surface area (Å²) in [5.41, 5.74) is 0.425. The van der Waals surface area contributed by atoms with Crippen molar-refractivity contribution in [3.63, 3.8) is 0 Å². The summed E-state index contributed by atoms with van der Waals surface area (Å²) in [6.45, 7) is 5.77. The molecule has 1 saturated heterocycles. The number of carbonyl (C=O) groups excluding carboxylic acids is 1. The van der Waals surface area contributed by atoms with E-state index in [4.69, 9.17) is 4.74 Å². The van der Waals surface area contributed by atoms with Crippen LogP contribution in [0.25, 0.3) is 0 Å². The van der Waals surface area contributed by atoms with Crippen molar-refractivity contribution in [2.45, 2.75) is 38.7 Å². The van der Waals surface area contributed by atoms with E-state index in [1.165, 1.54) is 24.9 Å². The minimum Gasteiger partial charge on any atom is -0.480 e. The number of rotatable bonds is 4.